The average molecular weight is 393 g/mol. The summed E-state index contributed by atoms with van der Waals surface area (Å²) in [5.74, 6) is -1.18. The number of nitrogens with zero attached hydrogens (tertiary/aromatic N) is 5. The Hall–Kier alpha value is -3.80. The van der Waals surface area contributed by atoms with Crippen molar-refractivity contribution in [2.45, 2.75) is 20.8 Å². The SMILES string of the molecule is Cc1c(/N=N\c2cccc3c2C(=O)N(CC(C)C)C3=O)c(O)n(C)c(=O)c1C#N. The number of aromatic hydroxyl groups is 1. The molecule has 2 heterocycles. The Labute approximate surface area is 166 Å². The first-order chi connectivity index (χ1) is 13.7. The van der Waals surface area contributed by atoms with E-state index in [1.807, 2.05) is 13.8 Å². The van der Waals surface area contributed by atoms with Crippen LogP contribution in [0.5, 0.6) is 5.88 Å². The maximum atomic E-state index is 12.8. The fourth-order valence-corrected chi connectivity index (χ4v) is 3.15. The number of nitriles is 1. The van der Waals surface area contributed by atoms with Gasteiger partial charge in [-0.3, -0.25) is 23.9 Å². The lowest BCUT2D eigenvalue weighted by atomic mass is 10.1. The van der Waals surface area contributed by atoms with Crippen molar-refractivity contribution < 1.29 is 14.7 Å². The molecule has 9 heteroatoms. The van der Waals surface area contributed by atoms with Crippen molar-refractivity contribution in [2.24, 2.45) is 23.2 Å². The van der Waals surface area contributed by atoms with Gasteiger partial charge in [0.15, 0.2) is 5.69 Å². The predicted octanol–water partition coefficient (Wildman–Crippen LogP) is 2.94. The fraction of sp³-hybridized carbons (Fsp3) is 0.300. The zero-order valence-corrected chi connectivity index (χ0v) is 16.4. The molecule has 9 nitrogen and oxygen atoms in total. The zero-order chi connectivity index (χ0) is 21.5. The summed E-state index contributed by atoms with van der Waals surface area (Å²) in [6.07, 6.45) is 0. The Morgan fingerprint density at radius 2 is 1.86 bits per heavy atom. The number of fused-ring (bicyclic) bond motifs is 1. The summed E-state index contributed by atoms with van der Waals surface area (Å²) in [5, 5.41) is 27.5. The molecule has 1 aromatic heterocycles. The van der Waals surface area contributed by atoms with Crippen LogP contribution < -0.4 is 5.56 Å². The summed E-state index contributed by atoms with van der Waals surface area (Å²) in [7, 11) is 1.31. The highest BCUT2D eigenvalue weighted by Gasteiger charge is 2.37. The number of carbonyl (C=O) groups excluding carboxylic acids is 2. The number of aromatic nitrogens is 1. The quantitative estimate of drug-likeness (QED) is 0.631. The first-order valence-corrected chi connectivity index (χ1v) is 8.92. The summed E-state index contributed by atoms with van der Waals surface area (Å²) in [5.41, 5.74) is -0.141. The highest BCUT2D eigenvalue weighted by Crippen LogP contribution is 2.35. The zero-order valence-electron chi connectivity index (χ0n) is 16.4. The summed E-state index contributed by atoms with van der Waals surface area (Å²) in [6.45, 7) is 5.57. The van der Waals surface area contributed by atoms with E-state index in [0.717, 1.165) is 4.57 Å². The molecule has 2 amide bonds. The maximum Gasteiger partial charge on any atom is 0.271 e. The number of azo groups is 1. The summed E-state index contributed by atoms with van der Waals surface area (Å²) >= 11 is 0. The Bertz CT molecular complexity index is 1170. The van der Waals surface area contributed by atoms with Crippen LogP contribution in [0.3, 0.4) is 0 Å². The van der Waals surface area contributed by atoms with Gasteiger partial charge in [0.25, 0.3) is 17.4 Å². The van der Waals surface area contributed by atoms with Gasteiger partial charge in [0.1, 0.15) is 11.6 Å². The second-order valence-corrected chi connectivity index (χ2v) is 7.16. The fourth-order valence-electron chi connectivity index (χ4n) is 3.15. The van der Waals surface area contributed by atoms with Gasteiger partial charge in [-0.2, -0.15) is 5.26 Å². The minimum absolute atomic E-state index is 0.0583. The molecule has 1 aliphatic heterocycles. The molecule has 0 bridgehead atoms. The second kappa shape index (κ2) is 7.31. The third-order valence-corrected chi connectivity index (χ3v) is 4.67. The van der Waals surface area contributed by atoms with Crippen LogP contribution in [-0.4, -0.2) is 32.9 Å². The molecule has 0 spiro atoms. The third-order valence-electron chi connectivity index (χ3n) is 4.67. The number of hydrogen-bond donors (Lipinski definition) is 1. The molecule has 0 saturated heterocycles. The van der Waals surface area contributed by atoms with E-state index in [9.17, 15) is 24.8 Å². The van der Waals surface area contributed by atoms with Crippen LogP contribution in [0.1, 0.15) is 45.7 Å². The minimum Gasteiger partial charge on any atom is -0.493 e. The number of imide groups is 1. The van der Waals surface area contributed by atoms with E-state index in [4.69, 9.17) is 0 Å². The molecular formula is C20H19N5O4. The van der Waals surface area contributed by atoms with Gasteiger partial charge in [0, 0.05) is 19.2 Å². The summed E-state index contributed by atoms with van der Waals surface area (Å²) < 4.78 is 0.897. The predicted molar refractivity (Wildman–Crippen MR) is 104 cm³/mol. The number of hydrogen-bond acceptors (Lipinski definition) is 7. The van der Waals surface area contributed by atoms with Crippen LogP contribution in [-0.2, 0) is 7.05 Å². The first-order valence-electron chi connectivity index (χ1n) is 8.92. The van der Waals surface area contributed by atoms with Gasteiger partial charge in [0.2, 0.25) is 5.88 Å². The van der Waals surface area contributed by atoms with Crippen LogP contribution in [0.15, 0.2) is 33.2 Å². The van der Waals surface area contributed by atoms with E-state index in [-0.39, 0.29) is 52.0 Å². The lowest BCUT2D eigenvalue weighted by Gasteiger charge is -2.15. The van der Waals surface area contributed by atoms with Gasteiger partial charge in [-0.1, -0.05) is 19.9 Å². The van der Waals surface area contributed by atoms with Gasteiger partial charge in [-0.15, -0.1) is 10.2 Å². The summed E-state index contributed by atoms with van der Waals surface area (Å²) in [4.78, 5) is 38.6. The molecule has 1 aliphatic rings. The van der Waals surface area contributed by atoms with Crippen molar-refractivity contribution in [3.05, 3.63) is 50.8 Å². The lowest BCUT2D eigenvalue weighted by molar-refractivity contribution is 0.0636. The smallest absolute Gasteiger partial charge is 0.271 e. The Morgan fingerprint density at radius 1 is 1.17 bits per heavy atom. The standard InChI is InChI=1S/C20H19N5O4/c1-10(2)9-25-18(27)12-6-5-7-14(15(12)19(25)28)22-23-16-11(3)13(8-21)17(26)24(4)20(16)29/h5-7,10,29H,9H2,1-4H3/b23-22-. The Kier molecular flexibility index (Phi) is 5.03. The van der Waals surface area contributed by atoms with Crippen LogP contribution >= 0.6 is 0 Å². The molecular weight excluding hydrogens is 374 g/mol. The highest BCUT2D eigenvalue weighted by atomic mass is 16.3. The van der Waals surface area contributed by atoms with E-state index < -0.39 is 17.3 Å². The van der Waals surface area contributed by atoms with Crippen molar-refractivity contribution in [1.82, 2.24) is 9.47 Å². The third kappa shape index (κ3) is 3.18. The number of carbonyl (C=O) groups is 2. The molecule has 2 aromatic rings. The van der Waals surface area contributed by atoms with Crippen molar-refractivity contribution in [3.8, 4) is 11.9 Å². The van der Waals surface area contributed by atoms with E-state index in [1.165, 1.54) is 24.9 Å². The second-order valence-electron chi connectivity index (χ2n) is 7.16. The molecule has 0 saturated carbocycles. The Balaban J connectivity index is 2.10. The van der Waals surface area contributed by atoms with Crippen molar-refractivity contribution >= 4 is 23.2 Å². The number of pyridine rings is 1. The van der Waals surface area contributed by atoms with Crippen molar-refractivity contribution in [2.75, 3.05) is 6.54 Å². The van der Waals surface area contributed by atoms with Crippen LogP contribution in [0.4, 0.5) is 11.4 Å². The van der Waals surface area contributed by atoms with Crippen LogP contribution in [0.2, 0.25) is 0 Å². The molecule has 0 atom stereocenters. The van der Waals surface area contributed by atoms with Crippen LogP contribution in [0, 0.1) is 24.2 Å². The van der Waals surface area contributed by atoms with E-state index in [0.29, 0.717) is 0 Å². The van der Waals surface area contributed by atoms with E-state index in [2.05, 4.69) is 10.2 Å². The Morgan fingerprint density at radius 3 is 2.48 bits per heavy atom. The molecule has 0 unspecified atom stereocenters. The molecule has 1 N–H and O–H groups in total. The molecule has 0 aliphatic carbocycles. The molecule has 29 heavy (non-hydrogen) atoms. The van der Waals surface area contributed by atoms with Gasteiger partial charge in [-0.05, 0) is 25.0 Å². The number of benzene rings is 1. The number of rotatable bonds is 4. The summed E-state index contributed by atoms with van der Waals surface area (Å²) in [6, 6.07) is 6.47. The largest absolute Gasteiger partial charge is 0.493 e. The van der Waals surface area contributed by atoms with Crippen LogP contribution in [0.25, 0.3) is 0 Å². The molecule has 1 aromatic carbocycles. The van der Waals surface area contributed by atoms with E-state index in [1.54, 1.807) is 18.2 Å². The topological polar surface area (TPSA) is 128 Å². The van der Waals surface area contributed by atoms with Crippen molar-refractivity contribution in [3.63, 3.8) is 0 Å². The molecule has 0 fully saturated rings. The normalized spacial score (nSPS) is 13.4. The lowest BCUT2D eigenvalue weighted by Crippen LogP contribution is -2.33. The average Bonchev–Trinajstić information content (AvgIpc) is 2.92. The van der Waals surface area contributed by atoms with Gasteiger partial charge in [-0.25, -0.2) is 0 Å². The minimum atomic E-state index is -0.646. The monoisotopic (exact) mass is 393 g/mol. The van der Waals surface area contributed by atoms with E-state index >= 15 is 0 Å². The molecule has 0 radical (unpaired) electrons. The van der Waals surface area contributed by atoms with Crippen molar-refractivity contribution in [1.29, 1.82) is 5.26 Å². The van der Waals surface area contributed by atoms with Gasteiger partial charge >= 0.3 is 0 Å². The molecule has 148 valence electrons. The van der Waals surface area contributed by atoms with Gasteiger partial charge in [0.05, 0.1) is 16.8 Å². The first kappa shape index (κ1) is 19.9. The maximum absolute atomic E-state index is 12.8. The molecule has 3 rings (SSSR count). The van der Waals surface area contributed by atoms with Gasteiger partial charge < -0.3 is 5.11 Å². The highest BCUT2D eigenvalue weighted by molar-refractivity contribution is 6.23. The number of amides is 2.